The van der Waals surface area contributed by atoms with Crippen LogP contribution < -0.4 is 9.47 Å². The van der Waals surface area contributed by atoms with E-state index in [4.69, 9.17) is 14.2 Å². The van der Waals surface area contributed by atoms with Crippen molar-refractivity contribution < 1.29 is 23.4 Å². The number of benzene rings is 1. The molecule has 0 N–H and O–H groups in total. The zero-order valence-corrected chi connectivity index (χ0v) is 11.5. The van der Waals surface area contributed by atoms with Crippen LogP contribution in [-0.2, 0) is 16.0 Å². The second-order valence-corrected chi connectivity index (χ2v) is 3.97. The highest BCUT2D eigenvalue weighted by Gasteiger charge is 2.12. The summed E-state index contributed by atoms with van der Waals surface area (Å²) in [5.41, 5.74) is 0.763. The average Bonchev–Trinajstić information content (AvgIpc) is 2.38. The van der Waals surface area contributed by atoms with E-state index in [1.54, 1.807) is 13.0 Å². The van der Waals surface area contributed by atoms with Crippen molar-refractivity contribution >= 4 is 5.97 Å². The lowest BCUT2D eigenvalue weighted by Gasteiger charge is -2.10. The molecule has 0 aromatic heterocycles. The zero-order valence-electron chi connectivity index (χ0n) is 11.5. The lowest BCUT2D eigenvalue weighted by molar-refractivity contribution is -0.143. The molecule has 0 atom stereocenters. The second kappa shape index (κ2) is 7.61. The molecule has 0 aliphatic carbocycles. The number of carbonyl (C=O) groups is 1. The fourth-order valence-electron chi connectivity index (χ4n) is 1.79. The van der Waals surface area contributed by atoms with Crippen LogP contribution in [0.4, 0.5) is 4.39 Å². The Morgan fingerprint density at radius 1 is 1.26 bits per heavy atom. The molecule has 0 aliphatic heterocycles. The Balaban J connectivity index is 2.64. The number of hydrogen-bond donors (Lipinski definition) is 0. The van der Waals surface area contributed by atoms with E-state index in [0.29, 0.717) is 31.6 Å². The fraction of sp³-hybridized carbons (Fsp3) is 0.500. The van der Waals surface area contributed by atoms with E-state index in [9.17, 15) is 9.18 Å². The molecule has 4 nitrogen and oxygen atoms in total. The van der Waals surface area contributed by atoms with Crippen LogP contribution >= 0.6 is 0 Å². The normalized spacial score (nSPS) is 10.1. The van der Waals surface area contributed by atoms with Gasteiger partial charge in [-0.1, -0.05) is 0 Å². The molecule has 106 valence electrons. The van der Waals surface area contributed by atoms with Crippen LogP contribution in [0.15, 0.2) is 12.1 Å². The molecule has 0 amide bonds. The lowest BCUT2D eigenvalue weighted by Crippen LogP contribution is -2.04. The molecule has 5 heteroatoms. The zero-order chi connectivity index (χ0) is 14.3. The summed E-state index contributed by atoms with van der Waals surface area (Å²) in [6, 6.07) is 3.11. The minimum atomic E-state index is -0.465. The summed E-state index contributed by atoms with van der Waals surface area (Å²) < 4.78 is 28.5. The van der Waals surface area contributed by atoms with E-state index in [1.165, 1.54) is 20.3 Å². The van der Waals surface area contributed by atoms with Gasteiger partial charge >= 0.3 is 5.97 Å². The standard InChI is InChI=1S/C14H19FO4/c1-4-19-13(16)7-5-6-10-8-11(15)14(18-3)12(9-10)17-2/h8-9H,4-7H2,1-3H3. The van der Waals surface area contributed by atoms with Gasteiger partial charge in [0.2, 0.25) is 0 Å². The van der Waals surface area contributed by atoms with Crippen molar-refractivity contribution in [3.63, 3.8) is 0 Å². The van der Waals surface area contributed by atoms with Crippen molar-refractivity contribution in [2.75, 3.05) is 20.8 Å². The number of rotatable bonds is 7. The highest BCUT2D eigenvalue weighted by molar-refractivity contribution is 5.69. The van der Waals surface area contributed by atoms with Crippen molar-refractivity contribution in [3.05, 3.63) is 23.5 Å². The van der Waals surface area contributed by atoms with Crippen molar-refractivity contribution in [3.8, 4) is 11.5 Å². The molecule has 0 aliphatic rings. The number of carbonyl (C=O) groups excluding carboxylic acids is 1. The summed E-state index contributed by atoms with van der Waals surface area (Å²) in [5.74, 6) is -0.248. The fourth-order valence-corrected chi connectivity index (χ4v) is 1.79. The molecule has 0 bridgehead atoms. The number of ether oxygens (including phenoxy) is 3. The van der Waals surface area contributed by atoms with Gasteiger partial charge in [-0.05, 0) is 37.5 Å². The van der Waals surface area contributed by atoms with Crippen molar-refractivity contribution in [1.29, 1.82) is 0 Å². The van der Waals surface area contributed by atoms with Crippen LogP contribution in [0.3, 0.4) is 0 Å². The van der Waals surface area contributed by atoms with E-state index in [0.717, 1.165) is 5.56 Å². The molecule has 0 radical (unpaired) electrons. The number of methoxy groups -OCH3 is 2. The maximum absolute atomic E-state index is 13.7. The Kier molecular flexibility index (Phi) is 6.12. The molecule has 1 rings (SSSR count). The highest BCUT2D eigenvalue weighted by atomic mass is 19.1. The van der Waals surface area contributed by atoms with Crippen LogP contribution in [0, 0.1) is 5.82 Å². The topological polar surface area (TPSA) is 44.8 Å². The monoisotopic (exact) mass is 270 g/mol. The summed E-state index contributed by atoms with van der Waals surface area (Å²) >= 11 is 0. The van der Waals surface area contributed by atoms with Gasteiger partial charge in [0.1, 0.15) is 0 Å². The van der Waals surface area contributed by atoms with E-state index < -0.39 is 5.82 Å². The van der Waals surface area contributed by atoms with Gasteiger partial charge in [-0.15, -0.1) is 0 Å². The van der Waals surface area contributed by atoms with Gasteiger partial charge in [0.15, 0.2) is 17.3 Å². The molecule has 0 saturated carbocycles. The van der Waals surface area contributed by atoms with E-state index in [2.05, 4.69) is 0 Å². The first-order chi connectivity index (χ1) is 9.12. The van der Waals surface area contributed by atoms with Gasteiger partial charge < -0.3 is 14.2 Å². The van der Waals surface area contributed by atoms with Crippen LogP contribution in [0.2, 0.25) is 0 Å². The maximum atomic E-state index is 13.7. The van der Waals surface area contributed by atoms with Gasteiger partial charge in [-0.25, -0.2) is 4.39 Å². The third-order valence-electron chi connectivity index (χ3n) is 2.65. The molecule has 0 fully saturated rings. The van der Waals surface area contributed by atoms with Gasteiger partial charge in [0, 0.05) is 6.42 Å². The van der Waals surface area contributed by atoms with Crippen LogP contribution in [-0.4, -0.2) is 26.8 Å². The summed E-state index contributed by atoms with van der Waals surface area (Å²) in [6.07, 6.45) is 1.51. The minimum Gasteiger partial charge on any atom is -0.493 e. The third-order valence-corrected chi connectivity index (χ3v) is 2.65. The van der Waals surface area contributed by atoms with E-state index >= 15 is 0 Å². The van der Waals surface area contributed by atoms with E-state index in [-0.39, 0.29) is 11.7 Å². The summed E-state index contributed by atoms with van der Waals surface area (Å²) in [5, 5.41) is 0. The van der Waals surface area contributed by atoms with Crippen LogP contribution in [0.25, 0.3) is 0 Å². The van der Waals surface area contributed by atoms with Crippen molar-refractivity contribution in [2.24, 2.45) is 0 Å². The SMILES string of the molecule is CCOC(=O)CCCc1cc(F)c(OC)c(OC)c1. The van der Waals surface area contributed by atoms with Crippen LogP contribution in [0.5, 0.6) is 11.5 Å². The summed E-state index contributed by atoms with van der Waals surface area (Å²) in [6.45, 7) is 2.14. The van der Waals surface area contributed by atoms with Crippen LogP contribution in [0.1, 0.15) is 25.3 Å². The minimum absolute atomic E-state index is 0.0941. The molecular weight excluding hydrogens is 251 g/mol. The Labute approximate surface area is 112 Å². The Hall–Kier alpha value is -1.78. The molecule has 0 spiro atoms. The maximum Gasteiger partial charge on any atom is 0.305 e. The predicted octanol–water partition coefficient (Wildman–Crippen LogP) is 2.73. The Bertz CT molecular complexity index is 432. The predicted molar refractivity (Wildman–Crippen MR) is 69.1 cm³/mol. The quantitative estimate of drug-likeness (QED) is 0.715. The third kappa shape index (κ3) is 4.43. The first kappa shape index (κ1) is 15.3. The van der Waals surface area contributed by atoms with Gasteiger partial charge in [-0.3, -0.25) is 4.79 Å². The summed E-state index contributed by atoms with van der Waals surface area (Å²) in [7, 11) is 2.85. The number of hydrogen-bond acceptors (Lipinski definition) is 4. The van der Waals surface area contributed by atoms with Gasteiger partial charge in [-0.2, -0.15) is 0 Å². The summed E-state index contributed by atoms with van der Waals surface area (Å²) in [4.78, 5) is 11.2. The average molecular weight is 270 g/mol. The molecule has 0 unspecified atom stereocenters. The smallest absolute Gasteiger partial charge is 0.305 e. The first-order valence-corrected chi connectivity index (χ1v) is 6.18. The molecular formula is C14H19FO4. The molecule has 1 aromatic rings. The molecule has 0 heterocycles. The van der Waals surface area contributed by atoms with Gasteiger partial charge in [0.05, 0.1) is 20.8 Å². The lowest BCUT2D eigenvalue weighted by atomic mass is 10.1. The Morgan fingerprint density at radius 3 is 2.58 bits per heavy atom. The number of esters is 1. The largest absolute Gasteiger partial charge is 0.493 e. The molecule has 19 heavy (non-hydrogen) atoms. The highest BCUT2D eigenvalue weighted by Crippen LogP contribution is 2.31. The molecule has 1 aromatic carbocycles. The number of halogens is 1. The van der Waals surface area contributed by atoms with Gasteiger partial charge in [0.25, 0.3) is 0 Å². The van der Waals surface area contributed by atoms with Crippen molar-refractivity contribution in [1.82, 2.24) is 0 Å². The second-order valence-electron chi connectivity index (χ2n) is 3.97. The first-order valence-electron chi connectivity index (χ1n) is 6.18. The molecule has 0 saturated heterocycles. The number of aryl methyl sites for hydroxylation is 1. The Morgan fingerprint density at radius 2 is 2.00 bits per heavy atom. The van der Waals surface area contributed by atoms with Crippen molar-refractivity contribution in [2.45, 2.75) is 26.2 Å². The van der Waals surface area contributed by atoms with E-state index in [1.807, 2.05) is 0 Å².